The third-order valence-corrected chi connectivity index (χ3v) is 6.81. The third kappa shape index (κ3) is 12.9. The summed E-state index contributed by atoms with van der Waals surface area (Å²) in [5.74, 6) is 0.976. The maximum absolute atomic E-state index is 12.9. The smallest absolute Gasteiger partial charge is 0.255 e. The van der Waals surface area contributed by atoms with Crippen LogP contribution in [0.4, 0.5) is 0 Å². The van der Waals surface area contributed by atoms with E-state index in [0.717, 1.165) is 25.9 Å². The molecule has 7 nitrogen and oxygen atoms in total. The van der Waals surface area contributed by atoms with E-state index in [4.69, 9.17) is 15.2 Å². The topological polar surface area (TPSA) is 97.0 Å². The molecule has 1 saturated heterocycles. The number of β-amino-alcohol motifs (C(OH)–C–C–N with tert-alkyl or cyclic N) is 1. The van der Waals surface area contributed by atoms with Gasteiger partial charge in [0.05, 0.1) is 18.3 Å². The first-order chi connectivity index (χ1) is 16.4. The molecule has 1 aliphatic rings. The SMILES string of the molecule is COCCCCOc1ccccc1C(=O)NCC(CC(N)C(O)CN1CCCCCC1)C(C)C.Cl.Cl. The summed E-state index contributed by atoms with van der Waals surface area (Å²) in [5.41, 5.74) is 6.97. The van der Waals surface area contributed by atoms with Crippen LogP contribution in [-0.4, -0.2) is 74.6 Å². The number of nitrogens with zero attached hydrogens (tertiary/aromatic N) is 1. The second-order valence-electron chi connectivity index (χ2n) is 9.94. The van der Waals surface area contributed by atoms with Crippen LogP contribution in [0.3, 0.4) is 0 Å². The zero-order valence-electron chi connectivity index (χ0n) is 22.3. The lowest BCUT2D eigenvalue weighted by molar-refractivity contribution is 0.0798. The number of carbonyl (C=O) groups excluding carboxylic acids is 1. The molecule has 0 radical (unpaired) electrons. The minimum absolute atomic E-state index is 0. The van der Waals surface area contributed by atoms with E-state index in [-0.39, 0.29) is 42.7 Å². The minimum Gasteiger partial charge on any atom is -0.493 e. The summed E-state index contributed by atoms with van der Waals surface area (Å²) in [7, 11) is 1.69. The van der Waals surface area contributed by atoms with Gasteiger partial charge in [-0.2, -0.15) is 0 Å². The molecule has 3 atom stereocenters. The standard InChI is InChI=1S/C27H47N3O4.2ClH/c1-21(2)22(18-24(28)25(31)20-30-14-8-4-5-9-15-30)19-29-27(32)23-12-6-7-13-26(23)34-17-11-10-16-33-3;;/h6-7,12-13,21-22,24-25,31H,4-5,8-11,14-20,28H2,1-3H3,(H,29,32);2*1H. The predicted octanol–water partition coefficient (Wildman–Crippen LogP) is 4.29. The first kappa shape index (κ1) is 34.9. The van der Waals surface area contributed by atoms with Crippen LogP contribution in [0, 0.1) is 11.8 Å². The van der Waals surface area contributed by atoms with Crippen molar-refractivity contribution >= 4 is 30.7 Å². The summed E-state index contributed by atoms with van der Waals surface area (Å²) in [5, 5.41) is 13.8. The van der Waals surface area contributed by atoms with Gasteiger partial charge in [-0.25, -0.2) is 0 Å². The van der Waals surface area contributed by atoms with Crippen molar-refractivity contribution in [3.63, 3.8) is 0 Å². The Morgan fingerprint density at radius 3 is 2.36 bits per heavy atom. The van der Waals surface area contributed by atoms with E-state index in [0.29, 0.717) is 50.0 Å². The summed E-state index contributed by atoms with van der Waals surface area (Å²) in [6.07, 6.45) is 6.85. The molecule has 210 valence electrons. The molecule has 9 heteroatoms. The van der Waals surface area contributed by atoms with E-state index < -0.39 is 6.10 Å². The van der Waals surface area contributed by atoms with Crippen molar-refractivity contribution in [3.8, 4) is 5.75 Å². The van der Waals surface area contributed by atoms with Crippen molar-refractivity contribution in [2.24, 2.45) is 17.6 Å². The lowest BCUT2D eigenvalue weighted by Gasteiger charge is -2.30. The number of ether oxygens (including phenoxy) is 2. The van der Waals surface area contributed by atoms with Crippen LogP contribution >= 0.6 is 24.8 Å². The molecule has 36 heavy (non-hydrogen) atoms. The lowest BCUT2D eigenvalue weighted by atomic mass is 9.87. The largest absolute Gasteiger partial charge is 0.493 e. The Morgan fingerprint density at radius 2 is 1.72 bits per heavy atom. The number of unbranched alkanes of at least 4 members (excludes halogenated alkanes) is 1. The van der Waals surface area contributed by atoms with Crippen LogP contribution in [0.5, 0.6) is 5.75 Å². The molecule has 1 aliphatic heterocycles. The van der Waals surface area contributed by atoms with Crippen LogP contribution < -0.4 is 15.8 Å². The van der Waals surface area contributed by atoms with Crippen molar-refractivity contribution in [1.29, 1.82) is 0 Å². The average Bonchev–Trinajstić information content (AvgIpc) is 3.10. The molecule has 0 aliphatic carbocycles. The molecule has 1 heterocycles. The van der Waals surface area contributed by atoms with E-state index >= 15 is 0 Å². The maximum Gasteiger partial charge on any atom is 0.255 e. The number of amides is 1. The van der Waals surface area contributed by atoms with Crippen LogP contribution in [0.25, 0.3) is 0 Å². The van der Waals surface area contributed by atoms with Gasteiger partial charge in [-0.05, 0) is 69.2 Å². The van der Waals surface area contributed by atoms with Gasteiger partial charge in [0, 0.05) is 32.8 Å². The first-order valence-corrected chi connectivity index (χ1v) is 13.1. The van der Waals surface area contributed by atoms with Crippen molar-refractivity contribution in [1.82, 2.24) is 10.2 Å². The Hall–Kier alpha value is -1.09. The van der Waals surface area contributed by atoms with E-state index in [1.165, 1.54) is 25.7 Å². The minimum atomic E-state index is -0.553. The van der Waals surface area contributed by atoms with Gasteiger partial charge in [0.1, 0.15) is 5.75 Å². The number of likely N-dealkylation sites (tertiary alicyclic amines) is 1. The number of aliphatic hydroxyl groups is 1. The zero-order valence-corrected chi connectivity index (χ0v) is 24.0. The van der Waals surface area contributed by atoms with Gasteiger partial charge >= 0.3 is 0 Å². The van der Waals surface area contributed by atoms with Gasteiger partial charge in [-0.1, -0.05) is 38.8 Å². The molecular formula is C27H49Cl2N3O4. The van der Waals surface area contributed by atoms with Gasteiger partial charge in [-0.3, -0.25) is 4.79 Å². The molecule has 1 aromatic rings. The van der Waals surface area contributed by atoms with E-state index in [1.54, 1.807) is 13.2 Å². The van der Waals surface area contributed by atoms with Crippen molar-refractivity contribution < 1.29 is 19.4 Å². The summed E-state index contributed by atoms with van der Waals surface area (Å²) in [4.78, 5) is 15.3. The molecule has 3 unspecified atom stereocenters. The number of methoxy groups -OCH3 is 1. The van der Waals surface area contributed by atoms with Gasteiger partial charge in [-0.15, -0.1) is 24.8 Å². The van der Waals surface area contributed by atoms with Crippen LogP contribution in [-0.2, 0) is 4.74 Å². The molecule has 1 fully saturated rings. The van der Waals surface area contributed by atoms with Crippen LogP contribution in [0.15, 0.2) is 24.3 Å². The fraction of sp³-hybridized carbons (Fsp3) is 0.741. The Bertz CT molecular complexity index is 703. The first-order valence-electron chi connectivity index (χ1n) is 13.1. The number of aliphatic hydroxyl groups excluding tert-OH is 1. The number of rotatable bonds is 15. The maximum atomic E-state index is 12.9. The lowest BCUT2D eigenvalue weighted by Crippen LogP contribution is -2.46. The zero-order chi connectivity index (χ0) is 24.8. The number of hydrogen-bond donors (Lipinski definition) is 3. The van der Waals surface area contributed by atoms with Crippen molar-refractivity contribution in [2.45, 2.75) is 70.9 Å². The molecule has 1 aromatic carbocycles. The molecule has 4 N–H and O–H groups in total. The molecule has 0 aromatic heterocycles. The normalized spacial score (nSPS) is 16.7. The number of benzene rings is 1. The summed E-state index contributed by atoms with van der Waals surface area (Å²) in [6.45, 7) is 8.77. The van der Waals surface area contributed by atoms with Crippen molar-refractivity contribution in [3.05, 3.63) is 29.8 Å². The van der Waals surface area contributed by atoms with Gasteiger partial charge in [0.25, 0.3) is 5.91 Å². The third-order valence-electron chi connectivity index (χ3n) is 6.81. The van der Waals surface area contributed by atoms with Gasteiger partial charge in [0.15, 0.2) is 0 Å². The number of hydrogen-bond acceptors (Lipinski definition) is 6. The highest BCUT2D eigenvalue weighted by atomic mass is 35.5. The predicted molar refractivity (Wildman–Crippen MR) is 152 cm³/mol. The van der Waals surface area contributed by atoms with Gasteiger partial charge in [0.2, 0.25) is 0 Å². The highest BCUT2D eigenvalue weighted by Gasteiger charge is 2.25. The monoisotopic (exact) mass is 549 g/mol. The molecule has 1 amide bonds. The fourth-order valence-corrected chi connectivity index (χ4v) is 4.45. The molecule has 2 rings (SSSR count). The summed E-state index contributed by atoms with van der Waals surface area (Å²) < 4.78 is 10.9. The number of nitrogens with two attached hydrogens (primary N) is 1. The van der Waals surface area contributed by atoms with Crippen LogP contribution in [0.1, 0.15) is 69.2 Å². The second-order valence-corrected chi connectivity index (χ2v) is 9.94. The second kappa shape index (κ2) is 19.9. The van der Waals surface area contributed by atoms with E-state index in [2.05, 4.69) is 24.1 Å². The van der Waals surface area contributed by atoms with E-state index in [1.807, 2.05) is 18.2 Å². The highest BCUT2D eigenvalue weighted by Crippen LogP contribution is 2.21. The molecule has 0 spiro atoms. The van der Waals surface area contributed by atoms with E-state index in [9.17, 15) is 9.90 Å². The number of halogens is 2. The average molecular weight is 551 g/mol. The van der Waals surface area contributed by atoms with Crippen LogP contribution in [0.2, 0.25) is 0 Å². The van der Waals surface area contributed by atoms with Crippen molar-refractivity contribution in [2.75, 3.05) is 46.5 Å². The Labute approximate surface area is 230 Å². The molecule has 0 saturated carbocycles. The summed E-state index contributed by atoms with van der Waals surface area (Å²) >= 11 is 0. The summed E-state index contributed by atoms with van der Waals surface area (Å²) in [6, 6.07) is 7.04. The number of para-hydroxylation sites is 1. The van der Waals surface area contributed by atoms with Gasteiger partial charge < -0.3 is 30.5 Å². The Morgan fingerprint density at radius 1 is 1.08 bits per heavy atom. The Balaban J connectivity index is 0.00000612. The fourth-order valence-electron chi connectivity index (χ4n) is 4.45. The quantitative estimate of drug-likeness (QED) is 0.282. The highest BCUT2D eigenvalue weighted by molar-refractivity contribution is 5.96. The number of carbonyl (C=O) groups is 1. The Kier molecular flexibility index (Phi) is 19.3. The molecular weight excluding hydrogens is 501 g/mol. The number of nitrogens with one attached hydrogen (secondary N) is 1. The molecule has 0 bridgehead atoms.